The van der Waals surface area contributed by atoms with E-state index in [-0.39, 0.29) is 5.41 Å². The Balaban J connectivity index is 1.78. The molecule has 2 heterocycles. The summed E-state index contributed by atoms with van der Waals surface area (Å²) in [5.74, 6) is 3.27. The van der Waals surface area contributed by atoms with Crippen LogP contribution in [0.5, 0.6) is 0 Å². The van der Waals surface area contributed by atoms with Crippen molar-refractivity contribution < 1.29 is 4.42 Å². The van der Waals surface area contributed by atoms with Gasteiger partial charge in [0.05, 0.1) is 6.54 Å². The molecule has 0 aliphatic heterocycles. The number of furan rings is 1. The highest BCUT2D eigenvalue weighted by Crippen LogP contribution is 2.42. The fourth-order valence-corrected chi connectivity index (χ4v) is 3.38. The number of fused-ring (bicyclic) bond motifs is 1. The lowest BCUT2D eigenvalue weighted by atomic mass is 9.75. The maximum absolute atomic E-state index is 5.89. The summed E-state index contributed by atoms with van der Waals surface area (Å²) in [6, 6.07) is 2.54. The van der Waals surface area contributed by atoms with E-state index in [0.717, 1.165) is 43.3 Å². The Hall–Kier alpha value is -1.55. The number of aryl methyl sites for hydroxylation is 2. The number of aromatic nitrogens is 2. The highest BCUT2D eigenvalue weighted by molar-refractivity contribution is 5.29. The maximum Gasteiger partial charge on any atom is 0.122 e. The lowest BCUT2D eigenvalue weighted by Gasteiger charge is -2.34. The molecule has 1 aliphatic carbocycles. The molecule has 0 fully saturated rings. The van der Waals surface area contributed by atoms with E-state index in [1.807, 2.05) is 19.3 Å². The zero-order valence-corrected chi connectivity index (χ0v) is 13.4. The molecule has 0 radical (unpaired) electrons. The number of imidazole rings is 1. The summed E-state index contributed by atoms with van der Waals surface area (Å²) in [7, 11) is 0. The summed E-state index contributed by atoms with van der Waals surface area (Å²) in [4.78, 5) is 4.45. The van der Waals surface area contributed by atoms with Crippen molar-refractivity contribution in [2.75, 3.05) is 0 Å². The Bertz CT molecular complexity index is 624. The Labute approximate surface area is 126 Å². The van der Waals surface area contributed by atoms with Crippen molar-refractivity contribution in [1.29, 1.82) is 0 Å². The van der Waals surface area contributed by atoms with E-state index in [4.69, 9.17) is 4.42 Å². The molecule has 4 nitrogen and oxygen atoms in total. The third-order valence-corrected chi connectivity index (χ3v) is 4.39. The zero-order chi connectivity index (χ0) is 15.0. The van der Waals surface area contributed by atoms with Gasteiger partial charge in [-0.1, -0.05) is 13.8 Å². The summed E-state index contributed by atoms with van der Waals surface area (Å²) in [6.45, 7) is 10.6. The largest absolute Gasteiger partial charge is 0.466 e. The van der Waals surface area contributed by atoms with E-state index in [1.54, 1.807) is 0 Å². The molecule has 21 heavy (non-hydrogen) atoms. The fraction of sp³-hybridized carbons (Fsp3) is 0.588. The van der Waals surface area contributed by atoms with Crippen molar-refractivity contribution >= 4 is 0 Å². The van der Waals surface area contributed by atoms with Crippen molar-refractivity contribution in [2.24, 2.45) is 5.41 Å². The molecule has 1 atom stereocenters. The van der Waals surface area contributed by atoms with Crippen molar-refractivity contribution in [2.45, 2.75) is 59.7 Å². The molecule has 2 aromatic heterocycles. The number of hydrogen-bond donors (Lipinski definition) is 1. The molecule has 4 heteroatoms. The van der Waals surface area contributed by atoms with Crippen molar-refractivity contribution in [1.82, 2.24) is 14.9 Å². The lowest BCUT2D eigenvalue weighted by Crippen LogP contribution is -2.33. The second kappa shape index (κ2) is 5.34. The molecule has 0 aromatic carbocycles. The molecular weight excluding hydrogens is 262 g/mol. The van der Waals surface area contributed by atoms with E-state index in [9.17, 15) is 0 Å². The topological polar surface area (TPSA) is 43.0 Å². The molecule has 0 saturated carbocycles. The first-order valence-electron chi connectivity index (χ1n) is 7.81. The van der Waals surface area contributed by atoms with Gasteiger partial charge in [-0.2, -0.15) is 0 Å². The van der Waals surface area contributed by atoms with Crippen molar-refractivity contribution in [3.63, 3.8) is 0 Å². The second-order valence-electron chi connectivity index (χ2n) is 6.84. The Kier molecular flexibility index (Phi) is 3.66. The van der Waals surface area contributed by atoms with E-state index in [0.29, 0.717) is 6.04 Å². The van der Waals surface area contributed by atoms with Crippen molar-refractivity contribution in [3.8, 4) is 0 Å². The van der Waals surface area contributed by atoms with Crippen LogP contribution in [-0.2, 0) is 19.5 Å². The minimum atomic E-state index is 0.273. The molecule has 0 bridgehead atoms. The minimum absolute atomic E-state index is 0.273. The van der Waals surface area contributed by atoms with E-state index in [2.05, 4.69) is 41.7 Å². The van der Waals surface area contributed by atoms with Crippen LogP contribution in [0.2, 0.25) is 0 Å². The molecule has 1 N–H and O–H groups in total. The maximum atomic E-state index is 5.89. The highest BCUT2D eigenvalue weighted by Gasteiger charge is 2.34. The predicted molar refractivity (Wildman–Crippen MR) is 83.0 cm³/mol. The first-order chi connectivity index (χ1) is 9.98. The van der Waals surface area contributed by atoms with Crippen LogP contribution in [0.15, 0.2) is 22.9 Å². The van der Waals surface area contributed by atoms with Crippen LogP contribution in [0, 0.1) is 12.3 Å². The Morgan fingerprint density at radius 1 is 1.48 bits per heavy atom. The molecule has 0 amide bonds. The van der Waals surface area contributed by atoms with Crippen LogP contribution in [0.1, 0.15) is 56.1 Å². The van der Waals surface area contributed by atoms with Gasteiger partial charge in [0.1, 0.15) is 17.3 Å². The molecule has 3 rings (SSSR count). The first kappa shape index (κ1) is 14.4. The standard InChI is InChI=1S/C17H25N3O/c1-5-20-7-6-18-16(20)11-19-14-9-17(3,4)10-15-13(14)8-12(2)21-15/h6-8,14,19H,5,9-11H2,1-4H3. The normalized spacial score (nSPS) is 20.5. The summed E-state index contributed by atoms with van der Waals surface area (Å²) in [6.07, 6.45) is 6.07. The van der Waals surface area contributed by atoms with Crippen LogP contribution in [0.4, 0.5) is 0 Å². The predicted octanol–water partition coefficient (Wildman–Crippen LogP) is 3.61. The van der Waals surface area contributed by atoms with Crippen LogP contribution in [0.25, 0.3) is 0 Å². The van der Waals surface area contributed by atoms with E-state index < -0.39 is 0 Å². The number of rotatable bonds is 4. The molecule has 0 saturated heterocycles. The summed E-state index contributed by atoms with van der Waals surface area (Å²) < 4.78 is 8.08. The monoisotopic (exact) mass is 287 g/mol. The quantitative estimate of drug-likeness (QED) is 0.934. The Morgan fingerprint density at radius 3 is 3.05 bits per heavy atom. The van der Waals surface area contributed by atoms with Gasteiger partial charge >= 0.3 is 0 Å². The van der Waals surface area contributed by atoms with Gasteiger partial charge in [-0.05, 0) is 31.7 Å². The minimum Gasteiger partial charge on any atom is -0.466 e. The van der Waals surface area contributed by atoms with Gasteiger partial charge in [0, 0.05) is 37.0 Å². The van der Waals surface area contributed by atoms with Gasteiger partial charge in [-0.3, -0.25) is 0 Å². The third-order valence-electron chi connectivity index (χ3n) is 4.39. The van der Waals surface area contributed by atoms with Crippen LogP contribution in [-0.4, -0.2) is 9.55 Å². The van der Waals surface area contributed by atoms with Crippen LogP contribution in [0.3, 0.4) is 0 Å². The lowest BCUT2D eigenvalue weighted by molar-refractivity contribution is 0.232. The molecule has 0 spiro atoms. The molecule has 1 unspecified atom stereocenters. The average molecular weight is 287 g/mol. The summed E-state index contributed by atoms with van der Waals surface area (Å²) in [5, 5.41) is 3.68. The van der Waals surface area contributed by atoms with Crippen LogP contribution < -0.4 is 5.32 Å². The van der Waals surface area contributed by atoms with Gasteiger partial charge < -0.3 is 14.3 Å². The fourth-order valence-electron chi connectivity index (χ4n) is 3.38. The molecule has 1 aliphatic rings. The highest BCUT2D eigenvalue weighted by atomic mass is 16.3. The Morgan fingerprint density at radius 2 is 2.29 bits per heavy atom. The number of nitrogens with zero attached hydrogens (tertiary/aromatic N) is 2. The van der Waals surface area contributed by atoms with Gasteiger partial charge in [0.25, 0.3) is 0 Å². The molecule has 114 valence electrons. The SMILES string of the molecule is CCn1ccnc1CNC1CC(C)(C)Cc2oc(C)cc21. The smallest absolute Gasteiger partial charge is 0.122 e. The first-order valence-corrected chi connectivity index (χ1v) is 7.81. The van der Waals surface area contributed by atoms with Gasteiger partial charge in [-0.25, -0.2) is 4.98 Å². The average Bonchev–Trinajstić information content (AvgIpc) is 2.99. The van der Waals surface area contributed by atoms with Gasteiger partial charge in [0.2, 0.25) is 0 Å². The molecular formula is C17H25N3O. The number of hydrogen-bond acceptors (Lipinski definition) is 3. The van der Waals surface area contributed by atoms with Crippen molar-refractivity contribution in [3.05, 3.63) is 41.4 Å². The summed E-state index contributed by atoms with van der Waals surface area (Å²) >= 11 is 0. The van der Waals surface area contributed by atoms with E-state index >= 15 is 0 Å². The third kappa shape index (κ3) is 2.91. The second-order valence-corrected chi connectivity index (χ2v) is 6.84. The number of nitrogens with one attached hydrogen (secondary N) is 1. The van der Waals surface area contributed by atoms with E-state index in [1.165, 1.54) is 5.56 Å². The summed E-state index contributed by atoms with van der Waals surface area (Å²) in [5.41, 5.74) is 1.61. The molecule has 2 aromatic rings. The van der Waals surface area contributed by atoms with Crippen LogP contribution >= 0.6 is 0 Å². The zero-order valence-electron chi connectivity index (χ0n) is 13.4. The van der Waals surface area contributed by atoms with Gasteiger partial charge in [-0.15, -0.1) is 0 Å². The van der Waals surface area contributed by atoms with Gasteiger partial charge in [0.15, 0.2) is 0 Å².